The van der Waals surface area contributed by atoms with Crippen molar-refractivity contribution in [3.05, 3.63) is 0 Å². The average molecular weight is 399 g/mol. The Balaban J connectivity index is -0.0000000757. The van der Waals surface area contributed by atoms with E-state index >= 15 is 0 Å². The van der Waals surface area contributed by atoms with Crippen LogP contribution < -0.4 is 74.1 Å². The molecule has 0 aromatic rings. The Morgan fingerprint density at radius 2 is 1.04 bits per heavy atom. The topological polar surface area (TPSA) is 349 Å². The second kappa shape index (κ2) is 30.3. The highest BCUT2D eigenvalue weighted by Crippen LogP contribution is 1.66. The van der Waals surface area contributed by atoms with Crippen molar-refractivity contribution in [2.24, 2.45) is 78.1 Å². The van der Waals surface area contributed by atoms with E-state index in [0.29, 0.717) is 5.96 Å². The summed E-state index contributed by atoms with van der Waals surface area (Å²) < 4.78 is 0. The predicted octanol–water partition coefficient (Wildman–Crippen LogP) is -7.26. The minimum atomic E-state index is -0.0926. The second-order valence-corrected chi connectivity index (χ2v) is 3.74. The van der Waals surface area contributed by atoms with Crippen molar-refractivity contribution in [1.29, 1.82) is 0 Å². The third kappa shape index (κ3) is 71.8. The molecule has 0 bridgehead atoms. The Labute approximate surface area is 159 Å². The van der Waals surface area contributed by atoms with Gasteiger partial charge in [-0.25, -0.2) is 5.84 Å². The van der Waals surface area contributed by atoms with E-state index in [9.17, 15) is 0 Å². The minimum Gasteiger partial charge on any atom is -0.369 e. The van der Waals surface area contributed by atoms with Crippen LogP contribution in [-0.2, 0) is 0 Å². The van der Waals surface area contributed by atoms with Crippen molar-refractivity contribution in [1.82, 2.24) is 21.2 Å². The van der Waals surface area contributed by atoms with E-state index in [1.165, 1.54) is 0 Å². The normalized spacial score (nSPS) is 8.96. The maximum absolute atomic E-state index is 5.17. The van der Waals surface area contributed by atoms with E-state index in [1.54, 1.807) is 26.0 Å². The number of hydrogen-bond acceptors (Lipinski definition) is 10. The van der Waals surface area contributed by atoms with Gasteiger partial charge in [-0.05, 0) is 14.1 Å². The molecule has 0 radical (unpaired) electrons. The smallest absolute Gasteiger partial charge is 0.212 e. The van der Waals surface area contributed by atoms with Crippen molar-refractivity contribution in [2.45, 2.75) is 0 Å². The third-order valence-corrected chi connectivity index (χ3v) is 1.53. The summed E-state index contributed by atoms with van der Waals surface area (Å²) in [6.45, 7) is 0. The molecule has 27 heavy (non-hydrogen) atoms. The second-order valence-electron chi connectivity index (χ2n) is 3.74. The van der Waals surface area contributed by atoms with Crippen LogP contribution in [0.25, 0.3) is 0 Å². The van der Waals surface area contributed by atoms with Crippen LogP contribution in [0, 0.1) is 0 Å². The standard InChI is InChI=1S/C3H10N4.C2H8N4.C2H8N2.2CH6N4/c1-7(2)3(4)6-5;1-5-2(3)6-4;1-3-4-2;2*2-1(3)5-4/h5H2,1-2H3,(H2,4,6);4H2,1H3,(H3,3,5,6);3-4H,1-2H3;2*4H2,(H4,2,3,5). The number of hydrazine groups is 2. The molecule has 18 nitrogen and oxygen atoms in total. The van der Waals surface area contributed by atoms with Gasteiger partial charge in [0.2, 0.25) is 23.8 Å². The van der Waals surface area contributed by atoms with Crippen LogP contribution in [0.3, 0.4) is 0 Å². The van der Waals surface area contributed by atoms with Crippen molar-refractivity contribution in [2.75, 3.05) is 35.2 Å². The molecule has 0 heterocycles. The van der Waals surface area contributed by atoms with Crippen LogP contribution in [0.5, 0.6) is 0 Å². The fourth-order valence-electron chi connectivity index (χ4n) is 0.180. The van der Waals surface area contributed by atoms with Crippen LogP contribution >= 0.6 is 0 Å². The number of guanidine groups is 4. The first kappa shape index (κ1) is 34.6. The Hall–Kier alpha value is -3.64. The van der Waals surface area contributed by atoms with Gasteiger partial charge >= 0.3 is 0 Å². The van der Waals surface area contributed by atoms with Gasteiger partial charge in [0.05, 0.1) is 0 Å². The Bertz CT molecular complexity index is 372. The van der Waals surface area contributed by atoms with E-state index in [2.05, 4.69) is 48.3 Å². The van der Waals surface area contributed by atoms with Gasteiger partial charge in [-0.15, -0.1) is 15.3 Å². The van der Waals surface area contributed by atoms with E-state index in [0.717, 1.165) is 0 Å². The molecule has 0 spiro atoms. The third-order valence-electron chi connectivity index (χ3n) is 1.53. The maximum atomic E-state index is 5.17. The maximum Gasteiger partial charge on any atom is 0.212 e. The molecule has 0 aliphatic heterocycles. The largest absolute Gasteiger partial charge is 0.369 e. The first-order valence-corrected chi connectivity index (χ1v) is 6.75. The van der Waals surface area contributed by atoms with Gasteiger partial charge < -0.3 is 56.8 Å². The molecular weight excluding hydrogens is 360 g/mol. The van der Waals surface area contributed by atoms with Gasteiger partial charge in [-0.3, -0.25) is 21.3 Å². The first-order chi connectivity index (χ1) is 12.4. The van der Waals surface area contributed by atoms with E-state index in [-0.39, 0.29) is 17.9 Å². The lowest BCUT2D eigenvalue weighted by atomic mass is 10.8. The number of hydrazone groups is 3. The van der Waals surface area contributed by atoms with Crippen LogP contribution in [0.1, 0.15) is 0 Å². The molecule has 0 aliphatic rings. The van der Waals surface area contributed by atoms with Gasteiger partial charge in [0, 0.05) is 21.1 Å². The lowest BCUT2D eigenvalue weighted by Crippen LogP contribution is -2.36. The van der Waals surface area contributed by atoms with Gasteiger partial charge in [0.25, 0.3) is 0 Å². The fourth-order valence-corrected chi connectivity index (χ4v) is 0.180. The van der Waals surface area contributed by atoms with Gasteiger partial charge in [-0.1, -0.05) is 0 Å². The van der Waals surface area contributed by atoms with Crippen molar-refractivity contribution < 1.29 is 0 Å². The summed E-state index contributed by atoms with van der Waals surface area (Å²) in [6, 6.07) is 0. The molecule has 0 unspecified atom stereocenters. The molecular formula is C9H38N18. The van der Waals surface area contributed by atoms with Crippen molar-refractivity contribution in [3.63, 3.8) is 0 Å². The van der Waals surface area contributed by atoms with Crippen LogP contribution in [0.4, 0.5) is 0 Å². The molecule has 0 rings (SSSR count). The SMILES string of the molecule is CN(C)C(N)=NN.CN=C(N)NN.CNNC.NN=C(N)N.NN=C(N)N. The number of hydrogen-bond donors (Lipinski definition) is 13. The number of rotatable bonds is 1. The van der Waals surface area contributed by atoms with Gasteiger partial charge in [0.15, 0.2) is 0 Å². The van der Waals surface area contributed by atoms with Crippen LogP contribution in [-0.4, -0.2) is 64.0 Å². The highest BCUT2D eigenvalue weighted by Gasteiger charge is 1.87. The number of aliphatic imine (C=N–C) groups is 1. The van der Waals surface area contributed by atoms with E-state index in [4.69, 9.17) is 46.1 Å². The molecule has 18 heteroatoms. The number of nitrogens with one attached hydrogen (secondary N) is 3. The highest BCUT2D eigenvalue weighted by molar-refractivity contribution is 5.77. The summed E-state index contributed by atoms with van der Waals surface area (Å²) in [5.41, 5.74) is 36.4. The fraction of sp³-hybridized carbons (Fsp3) is 0.556. The summed E-state index contributed by atoms with van der Waals surface area (Å²) in [6.07, 6.45) is 0. The Kier molecular flexibility index (Phi) is 38.8. The van der Waals surface area contributed by atoms with E-state index in [1.807, 2.05) is 14.1 Å². The molecule has 0 atom stereocenters. The summed E-state index contributed by atoms with van der Waals surface area (Å²) in [7, 11) is 8.73. The van der Waals surface area contributed by atoms with Gasteiger partial charge in [-0.2, -0.15) is 0 Å². The number of nitrogens with zero attached hydrogens (tertiary/aromatic N) is 5. The molecule has 164 valence electrons. The number of nitrogens with two attached hydrogens (primary N) is 10. The Morgan fingerprint density at radius 1 is 0.741 bits per heavy atom. The molecule has 0 saturated carbocycles. The molecule has 0 aliphatic carbocycles. The van der Waals surface area contributed by atoms with E-state index < -0.39 is 0 Å². The molecule has 0 amide bonds. The summed E-state index contributed by atoms with van der Waals surface area (Å²) in [4.78, 5) is 5.09. The van der Waals surface area contributed by atoms with Gasteiger partial charge in [0.1, 0.15) is 0 Å². The molecule has 0 saturated heterocycles. The quantitative estimate of drug-likeness (QED) is 0.0843. The lowest BCUT2D eigenvalue weighted by molar-refractivity contribution is 0.611. The summed E-state index contributed by atoms with van der Waals surface area (Å²) >= 11 is 0. The monoisotopic (exact) mass is 398 g/mol. The lowest BCUT2D eigenvalue weighted by Gasteiger charge is -2.07. The van der Waals surface area contributed by atoms with Crippen LogP contribution in [0.2, 0.25) is 0 Å². The zero-order valence-electron chi connectivity index (χ0n) is 16.5. The molecule has 23 N–H and O–H groups in total. The first-order valence-electron chi connectivity index (χ1n) is 6.75. The molecule has 0 fully saturated rings. The predicted molar refractivity (Wildman–Crippen MR) is 112 cm³/mol. The van der Waals surface area contributed by atoms with Crippen LogP contribution in [0.15, 0.2) is 20.3 Å². The Morgan fingerprint density at radius 3 is 1.04 bits per heavy atom. The summed E-state index contributed by atoms with van der Waals surface area (Å²) in [5.74, 6) is 19.0. The minimum absolute atomic E-state index is 0.0926. The zero-order valence-corrected chi connectivity index (χ0v) is 16.5. The van der Waals surface area contributed by atoms with Crippen molar-refractivity contribution in [3.8, 4) is 0 Å². The molecule has 0 aromatic carbocycles. The molecule has 0 aromatic heterocycles. The highest BCUT2D eigenvalue weighted by atomic mass is 15.3. The van der Waals surface area contributed by atoms with Crippen molar-refractivity contribution >= 4 is 23.8 Å². The average Bonchev–Trinajstić information content (AvgIpc) is 2.67. The summed E-state index contributed by atoms with van der Waals surface area (Å²) in [5, 5.41) is 8.93. The zero-order chi connectivity index (χ0) is 22.8.